The molecule has 0 radical (unpaired) electrons. The van der Waals surface area contributed by atoms with E-state index in [4.69, 9.17) is 24.1 Å². The van der Waals surface area contributed by atoms with Crippen molar-refractivity contribution in [2.75, 3.05) is 0 Å². The molecule has 13 rings (SSSR count). The van der Waals surface area contributed by atoms with Gasteiger partial charge in [-0.2, -0.15) is 0 Å². The minimum atomic E-state index is -0.857. The highest BCUT2D eigenvalue weighted by atomic mass is 16.5. The highest BCUT2D eigenvalue weighted by molar-refractivity contribution is 6.06. The number of benzene rings is 9. The number of hydrogen-bond acceptors (Lipinski definition) is 5. The van der Waals surface area contributed by atoms with Gasteiger partial charge in [-0.1, -0.05) is 182 Å². The van der Waals surface area contributed by atoms with Gasteiger partial charge in [0.2, 0.25) is 0 Å². The van der Waals surface area contributed by atoms with E-state index in [1.807, 2.05) is 36.4 Å². The van der Waals surface area contributed by atoms with E-state index in [9.17, 15) is 0 Å². The van der Waals surface area contributed by atoms with E-state index in [0.29, 0.717) is 17.5 Å². The van der Waals surface area contributed by atoms with Crippen LogP contribution in [0, 0.1) is 0 Å². The van der Waals surface area contributed by atoms with Gasteiger partial charge in [-0.3, -0.25) is 0 Å². The van der Waals surface area contributed by atoms with E-state index < -0.39 is 5.41 Å². The number of hydrogen-bond donors (Lipinski definition) is 0. The number of furan rings is 1. The van der Waals surface area contributed by atoms with Crippen molar-refractivity contribution in [3.05, 3.63) is 235 Å². The first-order valence-electron chi connectivity index (χ1n) is 21.3. The van der Waals surface area contributed by atoms with Gasteiger partial charge < -0.3 is 9.15 Å². The molecular formula is C58H35N3O2. The summed E-state index contributed by atoms with van der Waals surface area (Å²) in [6.07, 6.45) is 0. The Hall–Kier alpha value is -8.41. The van der Waals surface area contributed by atoms with E-state index in [0.717, 1.165) is 100 Å². The summed E-state index contributed by atoms with van der Waals surface area (Å²) in [6, 6.07) is 74.5. The molecule has 0 fully saturated rings. The molecule has 2 aromatic heterocycles. The molecule has 0 N–H and O–H groups in total. The molecule has 0 saturated heterocycles. The van der Waals surface area contributed by atoms with Crippen LogP contribution in [0.3, 0.4) is 0 Å². The van der Waals surface area contributed by atoms with Gasteiger partial charge in [-0.15, -0.1) is 0 Å². The van der Waals surface area contributed by atoms with Crippen LogP contribution in [0.5, 0.6) is 11.5 Å². The van der Waals surface area contributed by atoms with Gasteiger partial charge in [-0.25, -0.2) is 15.0 Å². The molecule has 9 aromatic carbocycles. The molecular weight excluding hydrogens is 771 g/mol. The highest BCUT2D eigenvalue weighted by Crippen LogP contribution is 2.61. The third-order valence-corrected chi connectivity index (χ3v) is 12.8. The fourth-order valence-corrected chi connectivity index (χ4v) is 10.0. The first-order valence-corrected chi connectivity index (χ1v) is 21.3. The number of nitrogens with zero attached hydrogens (tertiary/aromatic N) is 3. The average Bonchev–Trinajstić information content (AvgIpc) is 3.68. The average molecular weight is 806 g/mol. The highest BCUT2D eigenvalue weighted by Gasteiger charge is 2.49. The molecule has 0 saturated carbocycles. The molecule has 1 atom stereocenters. The maximum atomic E-state index is 6.99. The number of rotatable bonds is 4. The van der Waals surface area contributed by atoms with Gasteiger partial charge in [0.15, 0.2) is 17.5 Å². The van der Waals surface area contributed by atoms with Crippen molar-refractivity contribution >= 4 is 21.9 Å². The zero-order valence-corrected chi connectivity index (χ0v) is 33.9. The van der Waals surface area contributed by atoms with Gasteiger partial charge in [0, 0.05) is 38.6 Å². The predicted molar refractivity (Wildman–Crippen MR) is 252 cm³/mol. The molecule has 0 amide bonds. The SMILES string of the molecule is c1ccc(-c2ccc(-c3nc(-c4ccccc4)nc(-c4ccc5c(c4)C4(c6ccccc6Oc6cc7c(cc64)oc4ccccc47)c4ccccc4-c4ccccc4-5)n3)cc2)cc1. The standard InChI is InChI=1S/C58H35N3O2/c1-3-15-36(16-4-1)37-27-29-39(30-28-37)56-59-55(38-17-5-2-6-18-38)60-57(61-56)40-31-32-44-42-20-8-7-19-41(42)43-21-9-11-23-47(43)58(49(44)33-40)48-24-12-14-26-52(48)63-54-34-46-45-22-10-13-25-51(45)62-53(46)35-50(54)58/h1-35H. The monoisotopic (exact) mass is 805 g/mol. The molecule has 0 bridgehead atoms. The fraction of sp³-hybridized carbons (Fsp3) is 0.0172. The summed E-state index contributed by atoms with van der Waals surface area (Å²) in [5, 5.41) is 2.07. The largest absolute Gasteiger partial charge is 0.457 e. The van der Waals surface area contributed by atoms with Crippen LogP contribution in [0.4, 0.5) is 0 Å². The zero-order valence-electron chi connectivity index (χ0n) is 33.9. The summed E-state index contributed by atoms with van der Waals surface area (Å²) in [6.45, 7) is 0. The summed E-state index contributed by atoms with van der Waals surface area (Å²) < 4.78 is 13.6. The van der Waals surface area contributed by atoms with Crippen molar-refractivity contribution in [2.45, 2.75) is 5.41 Å². The molecule has 63 heavy (non-hydrogen) atoms. The van der Waals surface area contributed by atoms with Crippen LogP contribution in [-0.2, 0) is 5.41 Å². The smallest absolute Gasteiger partial charge is 0.164 e. The Kier molecular flexibility index (Phi) is 7.75. The minimum Gasteiger partial charge on any atom is -0.457 e. The van der Waals surface area contributed by atoms with Gasteiger partial charge in [0.1, 0.15) is 22.7 Å². The van der Waals surface area contributed by atoms with Crippen LogP contribution < -0.4 is 4.74 Å². The van der Waals surface area contributed by atoms with Crippen LogP contribution in [0.2, 0.25) is 0 Å². The van der Waals surface area contributed by atoms with Crippen molar-refractivity contribution in [3.8, 4) is 79.0 Å². The Morgan fingerprint density at radius 1 is 0.302 bits per heavy atom. The van der Waals surface area contributed by atoms with Crippen LogP contribution in [0.15, 0.2) is 217 Å². The van der Waals surface area contributed by atoms with Crippen LogP contribution in [0.1, 0.15) is 22.3 Å². The fourth-order valence-electron chi connectivity index (χ4n) is 10.0. The normalized spacial score (nSPS) is 14.5. The summed E-state index contributed by atoms with van der Waals surface area (Å²) in [5.41, 5.74) is 14.7. The quantitative estimate of drug-likeness (QED) is 0.177. The molecule has 1 aliphatic heterocycles. The Labute approximate surface area is 363 Å². The van der Waals surface area contributed by atoms with Crippen molar-refractivity contribution < 1.29 is 9.15 Å². The molecule has 1 spiro atoms. The second-order valence-corrected chi connectivity index (χ2v) is 16.3. The Morgan fingerprint density at radius 2 is 0.825 bits per heavy atom. The van der Waals surface area contributed by atoms with Gasteiger partial charge in [0.05, 0.1) is 5.41 Å². The summed E-state index contributed by atoms with van der Waals surface area (Å²) in [5.74, 6) is 3.40. The molecule has 2 aliphatic rings. The summed E-state index contributed by atoms with van der Waals surface area (Å²) in [4.78, 5) is 15.6. The molecule has 1 unspecified atom stereocenters. The zero-order chi connectivity index (χ0) is 41.5. The third-order valence-electron chi connectivity index (χ3n) is 12.8. The third kappa shape index (κ3) is 5.40. The Morgan fingerprint density at radius 3 is 1.57 bits per heavy atom. The first kappa shape index (κ1) is 35.4. The lowest BCUT2D eigenvalue weighted by Crippen LogP contribution is -2.34. The molecule has 11 aromatic rings. The van der Waals surface area contributed by atoms with Crippen molar-refractivity contribution in [1.29, 1.82) is 0 Å². The predicted octanol–water partition coefficient (Wildman–Crippen LogP) is 14.6. The van der Waals surface area contributed by atoms with Crippen molar-refractivity contribution in [3.63, 3.8) is 0 Å². The maximum absolute atomic E-state index is 6.99. The van der Waals surface area contributed by atoms with E-state index in [1.165, 1.54) is 5.56 Å². The molecule has 1 aliphatic carbocycles. The topological polar surface area (TPSA) is 61.0 Å². The lowest BCUT2D eigenvalue weighted by Gasteiger charge is -2.42. The summed E-state index contributed by atoms with van der Waals surface area (Å²) >= 11 is 0. The van der Waals surface area contributed by atoms with E-state index in [2.05, 4.69) is 176 Å². The van der Waals surface area contributed by atoms with Gasteiger partial charge in [-0.05, 0) is 74.8 Å². The minimum absolute atomic E-state index is 0.586. The Bertz CT molecular complexity index is 3600. The van der Waals surface area contributed by atoms with Gasteiger partial charge >= 0.3 is 0 Å². The lowest BCUT2D eigenvalue weighted by atomic mass is 9.62. The number of aromatic nitrogens is 3. The van der Waals surface area contributed by atoms with Crippen LogP contribution in [-0.4, -0.2) is 15.0 Å². The Balaban J connectivity index is 1.11. The van der Waals surface area contributed by atoms with E-state index >= 15 is 0 Å². The van der Waals surface area contributed by atoms with Crippen molar-refractivity contribution in [1.82, 2.24) is 15.0 Å². The van der Waals surface area contributed by atoms with E-state index in [1.54, 1.807) is 0 Å². The summed E-state index contributed by atoms with van der Waals surface area (Å²) in [7, 11) is 0. The second kappa shape index (κ2) is 13.8. The lowest BCUT2D eigenvalue weighted by molar-refractivity contribution is 0.435. The maximum Gasteiger partial charge on any atom is 0.164 e. The number of fused-ring (bicyclic) bond motifs is 14. The first-order chi connectivity index (χ1) is 31.2. The number of ether oxygens (including phenoxy) is 1. The molecule has 5 nitrogen and oxygen atoms in total. The molecule has 294 valence electrons. The number of para-hydroxylation sites is 2. The second-order valence-electron chi connectivity index (χ2n) is 16.3. The van der Waals surface area contributed by atoms with E-state index in [-0.39, 0.29) is 0 Å². The molecule has 3 heterocycles. The van der Waals surface area contributed by atoms with Crippen LogP contribution >= 0.6 is 0 Å². The van der Waals surface area contributed by atoms with Crippen molar-refractivity contribution in [2.24, 2.45) is 0 Å². The van der Waals surface area contributed by atoms with Gasteiger partial charge in [0.25, 0.3) is 0 Å². The molecule has 5 heteroatoms. The van der Waals surface area contributed by atoms with Crippen LogP contribution in [0.25, 0.3) is 89.5 Å².